The molecule has 0 unspecified atom stereocenters. The van der Waals surface area contributed by atoms with E-state index in [1.54, 1.807) is 18.2 Å². The third kappa shape index (κ3) is 5.67. The molecule has 0 aliphatic carbocycles. The lowest BCUT2D eigenvalue weighted by Gasteiger charge is -2.20. The van der Waals surface area contributed by atoms with Gasteiger partial charge in [-0.05, 0) is 42.8 Å². The van der Waals surface area contributed by atoms with E-state index in [-0.39, 0.29) is 21.5 Å². The molecule has 10 heteroatoms. The number of nitriles is 1. The van der Waals surface area contributed by atoms with Crippen LogP contribution < -0.4 is 4.72 Å². The van der Waals surface area contributed by atoms with Gasteiger partial charge in [0.1, 0.15) is 12.6 Å². The van der Waals surface area contributed by atoms with Crippen molar-refractivity contribution in [2.75, 3.05) is 0 Å². The molecule has 0 bridgehead atoms. The number of esters is 1. The minimum Gasteiger partial charge on any atom is -0.460 e. The Morgan fingerprint density at radius 2 is 1.96 bits per heavy atom. The van der Waals surface area contributed by atoms with Crippen molar-refractivity contribution >= 4 is 39.2 Å². The number of hydrogen-bond acceptors (Lipinski definition) is 6. The molecule has 0 fully saturated rings. The summed E-state index contributed by atoms with van der Waals surface area (Å²) in [5, 5.41) is 18.9. The zero-order valence-corrected chi connectivity index (χ0v) is 16.9. The number of sulfonamides is 1. The summed E-state index contributed by atoms with van der Waals surface area (Å²) in [5.74, 6) is -0.971. The van der Waals surface area contributed by atoms with E-state index in [1.165, 1.54) is 25.1 Å². The molecule has 2 rings (SSSR count). The lowest BCUT2D eigenvalue weighted by molar-refractivity contribution is -0.149. The maximum atomic E-state index is 12.5. The zero-order valence-electron chi connectivity index (χ0n) is 14.6. The quantitative estimate of drug-likeness (QED) is 0.636. The van der Waals surface area contributed by atoms with Crippen LogP contribution in [0.4, 0.5) is 0 Å². The van der Waals surface area contributed by atoms with E-state index in [9.17, 15) is 18.3 Å². The minimum absolute atomic E-state index is 0.0260. The summed E-state index contributed by atoms with van der Waals surface area (Å²) < 4.78 is 32.2. The molecule has 2 aromatic rings. The standard InChI is InChI=1S/C18H16Cl2N2O5S/c1-11(23)17(18(24)27-10-13-4-2-3-12(7-13)9-21)22-28(25,26)14-5-6-15(19)16(20)8-14/h2-8,11,17,22-23H,10H2,1H3/t11-,17-/m0/s1. The third-order valence-electron chi connectivity index (χ3n) is 3.66. The molecule has 0 aliphatic heterocycles. The summed E-state index contributed by atoms with van der Waals surface area (Å²) in [4.78, 5) is 12.1. The Labute approximate surface area is 172 Å². The van der Waals surface area contributed by atoms with Gasteiger partial charge in [-0.1, -0.05) is 35.3 Å². The highest BCUT2D eigenvalue weighted by atomic mass is 35.5. The first-order chi connectivity index (χ1) is 13.1. The summed E-state index contributed by atoms with van der Waals surface area (Å²) in [6.07, 6.45) is -1.37. The van der Waals surface area contributed by atoms with Crippen molar-refractivity contribution in [1.29, 1.82) is 5.26 Å². The number of aliphatic hydroxyl groups is 1. The van der Waals surface area contributed by atoms with Gasteiger partial charge in [0.25, 0.3) is 0 Å². The molecule has 0 amide bonds. The second-order valence-corrected chi connectivity index (χ2v) is 8.36. The van der Waals surface area contributed by atoms with E-state index >= 15 is 0 Å². The van der Waals surface area contributed by atoms with Crippen molar-refractivity contribution in [3.8, 4) is 6.07 Å². The van der Waals surface area contributed by atoms with Crippen molar-refractivity contribution in [2.24, 2.45) is 0 Å². The summed E-state index contributed by atoms with van der Waals surface area (Å²) in [6.45, 7) is 1.06. The lowest BCUT2D eigenvalue weighted by atomic mass is 10.1. The van der Waals surface area contributed by atoms with Gasteiger partial charge in [0.05, 0.1) is 32.7 Å². The average Bonchev–Trinajstić information content (AvgIpc) is 2.66. The number of rotatable bonds is 7. The Kier molecular flexibility index (Phi) is 7.41. The predicted octanol–water partition coefficient (Wildman–Crippen LogP) is 2.64. The fraction of sp³-hybridized carbons (Fsp3) is 0.222. The van der Waals surface area contributed by atoms with Crippen molar-refractivity contribution in [3.63, 3.8) is 0 Å². The van der Waals surface area contributed by atoms with Gasteiger partial charge in [0.2, 0.25) is 10.0 Å². The molecular formula is C18H16Cl2N2O5S. The van der Waals surface area contributed by atoms with Crippen LogP contribution in [0.5, 0.6) is 0 Å². The van der Waals surface area contributed by atoms with Crippen LogP contribution in [0.3, 0.4) is 0 Å². The Hall–Kier alpha value is -2.15. The molecule has 0 aliphatic rings. The fourth-order valence-corrected chi connectivity index (χ4v) is 3.84. The van der Waals surface area contributed by atoms with Crippen molar-refractivity contribution in [2.45, 2.75) is 30.6 Å². The van der Waals surface area contributed by atoms with E-state index in [4.69, 9.17) is 33.2 Å². The van der Waals surface area contributed by atoms with Gasteiger partial charge in [0.15, 0.2) is 0 Å². The Morgan fingerprint density at radius 1 is 1.25 bits per heavy atom. The topological polar surface area (TPSA) is 116 Å². The van der Waals surface area contributed by atoms with Crippen molar-refractivity contribution in [1.82, 2.24) is 4.72 Å². The van der Waals surface area contributed by atoms with Crippen LogP contribution in [0.25, 0.3) is 0 Å². The molecule has 2 aromatic carbocycles. The molecule has 0 spiro atoms. The van der Waals surface area contributed by atoms with Gasteiger partial charge in [-0.25, -0.2) is 8.42 Å². The summed E-state index contributed by atoms with van der Waals surface area (Å²) >= 11 is 11.6. The first-order valence-corrected chi connectivity index (χ1v) is 10.2. The van der Waals surface area contributed by atoms with Gasteiger partial charge < -0.3 is 9.84 Å². The van der Waals surface area contributed by atoms with Gasteiger partial charge >= 0.3 is 5.97 Å². The highest BCUT2D eigenvalue weighted by Crippen LogP contribution is 2.25. The van der Waals surface area contributed by atoms with Crippen molar-refractivity contribution < 1.29 is 23.1 Å². The Bertz CT molecular complexity index is 1020. The van der Waals surface area contributed by atoms with E-state index in [1.807, 2.05) is 6.07 Å². The maximum absolute atomic E-state index is 12.5. The molecule has 0 radical (unpaired) electrons. The fourth-order valence-electron chi connectivity index (χ4n) is 2.20. The molecule has 0 saturated heterocycles. The molecule has 28 heavy (non-hydrogen) atoms. The largest absolute Gasteiger partial charge is 0.460 e. The maximum Gasteiger partial charge on any atom is 0.327 e. The SMILES string of the molecule is C[C@H](O)[C@H](NS(=O)(=O)c1ccc(Cl)c(Cl)c1)C(=O)OCc1cccc(C#N)c1. The molecule has 2 atom stereocenters. The van der Waals surface area contributed by atoms with Gasteiger partial charge in [0, 0.05) is 0 Å². The van der Waals surface area contributed by atoms with Crippen LogP contribution in [-0.4, -0.2) is 31.6 Å². The molecule has 0 heterocycles. The van der Waals surface area contributed by atoms with E-state index in [0.717, 1.165) is 6.07 Å². The number of carbonyl (C=O) groups excluding carboxylic acids is 1. The first-order valence-electron chi connectivity index (χ1n) is 7.95. The lowest BCUT2D eigenvalue weighted by Crippen LogP contribution is -2.48. The summed E-state index contributed by atoms with van der Waals surface area (Å²) in [7, 11) is -4.18. The van der Waals surface area contributed by atoms with Crippen molar-refractivity contribution in [3.05, 3.63) is 63.6 Å². The van der Waals surface area contributed by atoms with E-state index in [2.05, 4.69) is 4.72 Å². The second-order valence-electron chi connectivity index (χ2n) is 5.84. The predicted molar refractivity (Wildman–Crippen MR) is 103 cm³/mol. The number of nitrogens with one attached hydrogen (secondary N) is 1. The average molecular weight is 443 g/mol. The Balaban J connectivity index is 2.14. The number of ether oxygens (including phenoxy) is 1. The molecule has 148 valence electrons. The highest BCUT2D eigenvalue weighted by Gasteiger charge is 2.31. The molecule has 7 nitrogen and oxygen atoms in total. The number of benzene rings is 2. The number of nitrogens with zero attached hydrogens (tertiary/aromatic N) is 1. The number of carbonyl (C=O) groups is 1. The van der Waals surface area contributed by atoms with Gasteiger partial charge in [-0.15, -0.1) is 0 Å². The third-order valence-corrected chi connectivity index (χ3v) is 5.83. The zero-order chi connectivity index (χ0) is 20.9. The smallest absolute Gasteiger partial charge is 0.327 e. The van der Waals surface area contributed by atoms with E-state index < -0.39 is 28.1 Å². The molecule has 0 saturated carbocycles. The van der Waals surface area contributed by atoms with Crippen LogP contribution in [0.2, 0.25) is 10.0 Å². The summed E-state index contributed by atoms with van der Waals surface area (Å²) in [5.41, 5.74) is 0.935. The molecule has 0 aromatic heterocycles. The first kappa shape index (κ1) is 22.1. The van der Waals surface area contributed by atoms with Gasteiger partial charge in [-0.3, -0.25) is 4.79 Å². The van der Waals surface area contributed by atoms with Crippen LogP contribution in [-0.2, 0) is 26.2 Å². The Morgan fingerprint density at radius 3 is 2.57 bits per heavy atom. The number of halogens is 2. The number of aliphatic hydroxyl groups excluding tert-OH is 1. The van der Waals surface area contributed by atoms with Crippen LogP contribution in [0.15, 0.2) is 47.4 Å². The van der Waals surface area contributed by atoms with E-state index in [0.29, 0.717) is 11.1 Å². The highest BCUT2D eigenvalue weighted by molar-refractivity contribution is 7.89. The van der Waals surface area contributed by atoms with Crippen LogP contribution in [0, 0.1) is 11.3 Å². The minimum atomic E-state index is -4.18. The number of hydrogen-bond donors (Lipinski definition) is 2. The second kappa shape index (κ2) is 9.37. The molecular weight excluding hydrogens is 427 g/mol. The monoisotopic (exact) mass is 442 g/mol. The van der Waals surface area contributed by atoms with Crippen LogP contribution in [0.1, 0.15) is 18.1 Å². The normalized spacial score (nSPS) is 13.4. The van der Waals surface area contributed by atoms with Crippen LogP contribution >= 0.6 is 23.2 Å². The van der Waals surface area contributed by atoms with Gasteiger partial charge in [-0.2, -0.15) is 9.98 Å². The molecule has 2 N–H and O–H groups in total. The summed E-state index contributed by atoms with van der Waals surface area (Å²) in [6, 6.07) is 10.5.